The first-order valence-corrected chi connectivity index (χ1v) is 9.72. The average Bonchev–Trinajstić information content (AvgIpc) is 3.21. The van der Waals surface area contributed by atoms with Crippen LogP contribution in [0.4, 0.5) is 4.79 Å². The summed E-state index contributed by atoms with van der Waals surface area (Å²) in [6.07, 6.45) is 12.4. The molecular formula is C20H26N6O3. The number of allylic oxidation sites excluding steroid dienone is 3. The number of esters is 1. The lowest BCUT2D eigenvalue weighted by Gasteiger charge is -2.27. The third-order valence-corrected chi connectivity index (χ3v) is 4.91. The van der Waals surface area contributed by atoms with Gasteiger partial charge in [0.05, 0.1) is 18.3 Å². The molecule has 3 rings (SSSR count). The fourth-order valence-corrected chi connectivity index (χ4v) is 3.47. The monoisotopic (exact) mass is 398 g/mol. The van der Waals surface area contributed by atoms with Crippen molar-refractivity contribution in [3.8, 4) is 0 Å². The maximum Gasteiger partial charge on any atom is 0.356 e. The topological polar surface area (TPSA) is 142 Å². The van der Waals surface area contributed by atoms with Gasteiger partial charge in [0.1, 0.15) is 11.5 Å². The minimum Gasteiger partial charge on any atom is -0.461 e. The Kier molecular flexibility index (Phi) is 6.48. The normalized spacial score (nSPS) is 21.2. The van der Waals surface area contributed by atoms with E-state index in [0.717, 1.165) is 31.4 Å². The van der Waals surface area contributed by atoms with Crippen molar-refractivity contribution in [2.45, 2.75) is 44.7 Å². The number of amides is 2. The summed E-state index contributed by atoms with van der Waals surface area (Å²) < 4.78 is 4.88. The van der Waals surface area contributed by atoms with Crippen LogP contribution in [0.1, 0.15) is 32.6 Å². The SMILES string of the molecule is CCOC(=O)C(=N)/C(=C\N)C1=CC2NC(NC(=O)NC3CCCC3)=CC=C2N=C1. The summed E-state index contributed by atoms with van der Waals surface area (Å²) in [4.78, 5) is 28.5. The Hall–Kier alpha value is -3.36. The molecule has 1 saturated carbocycles. The molecule has 1 aliphatic carbocycles. The van der Waals surface area contributed by atoms with Gasteiger partial charge in [-0.2, -0.15) is 0 Å². The molecular weight excluding hydrogens is 372 g/mol. The number of hydrogen-bond donors (Lipinski definition) is 5. The zero-order valence-corrected chi connectivity index (χ0v) is 16.3. The molecule has 1 unspecified atom stereocenters. The van der Waals surface area contributed by atoms with Crippen LogP contribution in [0.15, 0.2) is 52.1 Å². The number of dihydropyridines is 2. The maximum absolute atomic E-state index is 12.2. The molecule has 0 bridgehead atoms. The van der Waals surface area contributed by atoms with Crippen LogP contribution < -0.4 is 21.7 Å². The number of rotatable bonds is 6. The van der Waals surface area contributed by atoms with Gasteiger partial charge in [-0.05, 0) is 38.0 Å². The number of ether oxygens (including phenoxy) is 1. The minimum atomic E-state index is -0.748. The molecule has 2 heterocycles. The Balaban J connectivity index is 1.66. The number of carbonyl (C=O) groups is 2. The summed E-state index contributed by atoms with van der Waals surface area (Å²) >= 11 is 0. The van der Waals surface area contributed by atoms with E-state index in [1.165, 1.54) is 6.20 Å². The molecule has 0 spiro atoms. The van der Waals surface area contributed by atoms with Gasteiger partial charge in [-0.15, -0.1) is 0 Å². The maximum atomic E-state index is 12.2. The van der Waals surface area contributed by atoms with Crippen LogP contribution in [0.5, 0.6) is 0 Å². The molecule has 0 aromatic rings. The largest absolute Gasteiger partial charge is 0.461 e. The summed E-state index contributed by atoms with van der Waals surface area (Å²) in [5.74, 6) is -0.206. The lowest BCUT2D eigenvalue weighted by Crippen LogP contribution is -2.46. The van der Waals surface area contributed by atoms with Crippen molar-refractivity contribution in [3.05, 3.63) is 47.1 Å². The lowest BCUT2D eigenvalue weighted by atomic mass is 9.96. The molecule has 9 nitrogen and oxygen atoms in total. The predicted octanol–water partition coefficient (Wildman–Crippen LogP) is 1.36. The van der Waals surface area contributed by atoms with E-state index < -0.39 is 5.97 Å². The highest BCUT2D eigenvalue weighted by Gasteiger charge is 2.25. The summed E-state index contributed by atoms with van der Waals surface area (Å²) in [5, 5.41) is 17.0. The molecule has 0 aromatic heterocycles. The highest BCUT2D eigenvalue weighted by Crippen LogP contribution is 2.22. The highest BCUT2D eigenvalue weighted by atomic mass is 16.5. The molecule has 9 heteroatoms. The second kappa shape index (κ2) is 9.22. The first-order chi connectivity index (χ1) is 14.0. The molecule has 154 valence electrons. The molecule has 0 radical (unpaired) electrons. The number of urea groups is 1. The third kappa shape index (κ3) is 4.92. The van der Waals surface area contributed by atoms with Gasteiger partial charge in [0.15, 0.2) is 0 Å². The van der Waals surface area contributed by atoms with Gasteiger partial charge < -0.3 is 21.1 Å². The third-order valence-electron chi connectivity index (χ3n) is 4.91. The van der Waals surface area contributed by atoms with E-state index in [-0.39, 0.29) is 36.0 Å². The van der Waals surface area contributed by atoms with Gasteiger partial charge in [0.2, 0.25) is 0 Å². The number of hydrogen-bond acceptors (Lipinski definition) is 7. The number of nitrogens with one attached hydrogen (secondary N) is 4. The predicted molar refractivity (Wildman–Crippen MR) is 110 cm³/mol. The first-order valence-electron chi connectivity index (χ1n) is 9.72. The van der Waals surface area contributed by atoms with Gasteiger partial charge in [-0.1, -0.05) is 12.8 Å². The summed E-state index contributed by atoms with van der Waals surface area (Å²) in [6, 6.07) is -0.350. The number of carbonyl (C=O) groups excluding carboxylic acids is 2. The van der Waals surface area contributed by atoms with Crippen molar-refractivity contribution in [2.24, 2.45) is 10.7 Å². The van der Waals surface area contributed by atoms with Crippen molar-refractivity contribution in [1.29, 1.82) is 5.41 Å². The second-order valence-corrected chi connectivity index (χ2v) is 6.93. The Labute approximate surface area is 169 Å². The second-order valence-electron chi connectivity index (χ2n) is 6.93. The fourth-order valence-electron chi connectivity index (χ4n) is 3.47. The number of nitrogens with two attached hydrogens (primary N) is 1. The van der Waals surface area contributed by atoms with Crippen molar-refractivity contribution in [2.75, 3.05) is 6.61 Å². The van der Waals surface area contributed by atoms with E-state index in [2.05, 4.69) is 20.9 Å². The first kappa shape index (κ1) is 20.4. The zero-order valence-electron chi connectivity index (χ0n) is 16.3. The van der Waals surface area contributed by atoms with Crippen molar-refractivity contribution in [3.63, 3.8) is 0 Å². The Morgan fingerprint density at radius 3 is 2.83 bits per heavy atom. The molecule has 1 fully saturated rings. The van der Waals surface area contributed by atoms with Gasteiger partial charge in [0, 0.05) is 29.6 Å². The van der Waals surface area contributed by atoms with E-state index in [1.54, 1.807) is 31.4 Å². The van der Waals surface area contributed by atoms with Crippen LogP contribution in [0.25, 0.3) is 0 Å². The molecule has 29 heavy (non-hydrogen) atoms. The molecule has 1 atom stereocenters. The van der Waals surface area contributed by atoms with Crippen LogP contribution in [0.3, 0.4) is 0 Å². The smallest absolute Gasteiger partial charge is 0.356 e. The van der Waals surface area contributed by atoms with E-state index in [9.17, 15) is 9.59 Å². The van der Waals surface area contributed by atoms with Gasteiger partial charge in [0.25, 0.3) is 0 Å². The molecule has 2 aliphatic heterocycles. The Bertz CT molecular complexity index is 846. The van der Waals surface area contributed by atoms with E-state index in [1.807, 2.05) is 0 Å². The van der Waals surface area contributed by atoms with Crippen molar-refractivity contribution in [1.82, 2.24) is 16.0 Å². The summed E-state index contributed by atoms with van der Waals surface area (Å²) in [5.41, 5.74) is 6.82. The Morgan fingerprint density at radius 2 is 2.14 bits per heavy atom. The minimum absolute atomic E-state index is 0.173. The molecule has 0 aromatic carbocycles. The van der Waals surface area contributed by atoms with Crippen LogP contribution in [0, 0.1) is 5.41 Å². The molecule has 3 aliphatic rings. The van der Waals surface area contributed by atoms with Gasteiger partial charge in [-0.25, -0.2) is 9.59 Å². The van der Waals surface area contributed by atoms with E-state index in [0.29, 0.717) is 11.4 Å². The van der Waals surface area contributed by atoms with E-state index >= 15 is 0 Å². The number of aliphatic imine (C=N–C) groups is 1. The van der Waals surface area contributed by atoms with Crippen LogP contribution in [-0.4, -0.2) is 42.6 Å². The number of nitrogens with zero attached hydrogens (tertiary/aromatic N) is 1. The molecule has 2 amide bonds. The molecule has 0 saturated heterocycles. The summed E-state index contributed by atoms with van der Waals surface area (Å²) in [7, 11) is 0. The Morgan fingerprint density at radius 1 is 1.38 bits per heavy atom. The highest BCUT2D eigenvalue weighted by molar-refractivity contribution is 6.44. The quantitative estimate of drug-likeness (QED) is 0.339. The lowest BCUT2D eigenvalue weighted by molar-refractivity contribution is -0.135. The van der Waals surface area contributed by atoms with Gasteiger partial charge >= 0.3 is 12.0 Å². The van der Waals surface area contributed by atoms with E-state index in [4.69, 9.17) is 15.9 Å². The zero-order chi connectivity index (χ0) is 20.8. The van der Waals surface area contributed by atoms with Crippen molar-refractivity contribution >= 4 is 23.9 Å². The number of fused-ring (bicyclic) bond motifs is 1. The summed E-state index contributed by atoms with van der Waals surface area (Å²) in [6.45, 7) is 1.84. The van der Waals surface area contributed by atoms with Crippen LogP contribution >= 0.6 is 0 Å². The van der Waals surface area contributed by atoms with Crippen molar-refractivity contribution < 1.29 is 14.3 Å². The van der Waals surface area contributed by atoms with Crippen LogP contribution in [-0.2, 0) is 9.53 Å². The van der Waals surface area contributed by atoms with Crippen LogP contribution in [0.2, 0.25) is 0 Å². The molecule has 6 N–H and O–H groups in total. The fraction of sp³-hybridized carbons (Fsp3) is 0.400. The van der Waals surface area contributed by atoms with Gasteiger partial charge in [-0.3, -0.25) is 15.7 Å². The standard InChI is InChI=1S/C20H26N6O3/c1-2-29-19(27)18(22)14(10-21)12-9-16-15(23-11-12)7-8-17(25-16)26-20(28)24-13-5-3-4-6-13/h7-11,13,16,22,25H,2-6,21H2,1H3,(H2,24,26,28)/b14-10-,22-18?. The average molecular weight is 398 g/mol.